The second-order valence-corrected chi connectivity index (χ2v) is 8.35. The predicted molar refractivity (Wildman–Crippen MR) is 122 cm³/mol. The van der Waals surface area contributed by atoms with Crippen LogP contribution < -0.4 is 20.3 Å². The van der Waals surface area contributed by atoms with Gasteiger partial charge in [0.15, 0.2) is 0 Å². The first-order valence-corrected chi connectivity index (χ1v) is 11.2. The van der Waals surface area contributed by atoms with Crippen LogP contribution in [-0.2, 0) is 32.5 Å². The Morgan fingerprint density at radius 2 is 2.06 bits per heavy atom. The van der Waals surface area contributed by atoms with E-state index in [2.05, 4.69) is 22.3 Å². The van der Waals surface area contributed by atoms with Crippen molar-refractivity contribution in [3.63, 3.8) is 0 Å². The molecule has 0 atom stereocenters. The number of hydrogen-bond acceptors (Lipinski definition) is 6. The molecule has 0 radical (unpaired) electrons. The van der Waals surface area contributed by atoms with Gasteiger partial charge >= 0.3 is 0 Å². The van der Waals surface area contributed by atoms with E-state index in [9.17, 15) is 9.59 Å². The van der Waals surface area contributed by atoms with E-state index in [1.165, 1.54) is 24.3 Å². The Kier molecular flexibility index (Phi) is 5.92. The van der Waals surface area contributed by atoms with Crippen LogP contribution in [-0.4, -0.2) is 42.2 Å². The van der Waals surface area contributed by atoms with Crippen molar-refractivity contribution < 1.29 is 18.7 Å². The van der Waals surface area contributed by atoms with Crippen LogP contribution in [0.5, 0.6) is 11.5 Å². The van der Waals surface area contributed by atoms with Crippen LogP contribution in [0.2, 0.25) is 0 Å². The third-order valence-corrected chi connectivity index (χ3v) is 6.30. The van der Waals surface area contributed by atoms with Crippen molar-refractivity contribution in [1.29, 1.82) is 0 Å². The monoisotopic (exact) mass is 449 g/mol. The van der Waals surface area contributed by atoms with Gasteiger partial charge in [-0.05, 0) is 29.3 Å². The van der Waals surface area contributed by atoms with Gasteiger partial charge in [0.2, 0.25) is 0 Å². The topological polar surface area (TPSA) is 85.9 Å². The number of nitrogens with one attached hydrogen (secondary N) is 1. The number of methoxy groups -OCH3 is 1. The third kappa shape index (κ3) is 4.39. The van der Waals surface area contributed by atoms with E-state index in [0.717, 1.165) is 38.4 Å². The summed E-state index contributed by atoms with van der Waals surface area (Å²) in [4.78, 5) is 28.3. The number of rotatable bonds is 6. The van der Waals surface area contributed by atoms with Gasteiger partial charge in [-0.3, -0.25) is 14.5 Å². The van der Waals surface area contributed by atoms with Gasteiger partial charge in [0.05, 0.1) is 26.5 Å². The zero-order valence-corrected chi connectivity index (χ0v) is 18.6. The summed E-state index contributed by atoms with van der Waals surface area (Å²) in [6.45, 7) is 3.77. The lowest BCUT2D eigenvalue weighted by atomic mass is 10.1. The Balaban J connectivity index is 1.36. The molecule has 1 amide bonds. The standard InChI is InChI=1S/C25H27N3O5/c1-31-22-14-23(29)28-10-9-27(16-17-4-5-21-18(13-17)7-12-33-21)8-6-20(28)24(22)25(30)26-15-19-3-2-11-32-19/h2-5,11,13-14H,6-10,12,15-16H2,1H3,(H,26,30). The van der Waals surface area contributed by atoms with Crippen LogP contribution >= 0.6 is 0 Å². The molecule has 2 aliphatic heterocycles. The molecular formula is C25H27N3O5. The molecule has 3 aromatic rings. The number of furan rings is 1. The first-order valence-electron chi connectivity index (χ1n) is 11.2. The quantitative estimate of drug-likeness (QED) is 0.622. The second-order valence-electron chi connectivity index (χ2n) is 8.35. The SMILES string of the molecule is COc1cc(=O)n2c(c1C(=O)NCc1ccco1)CCN(Cc1ccc3c(c1)CCO3)CC2. The Hall–Kier alpha value is -3.52. The highest BCUT2D eigenvalue weighted by Gasteiger charge is 2.25. The number of fused-ring (bicyclic) bond motifs is 2. The molecule has 172 valence electrons. The first kappa shape index (κ1) is 21.3. The molecule has 0 aliphatic carbocycles. The molecule has 0 bridgehead atoms. The van der Waals surface area contributed by atoms with E-state index < -0.39 is 0 Å². The average Bonchev–Trinajstić information content (AvgIpc) is 3.47. The van der Waals surface area contributed by atoms with E-state index in [-0.39, 0.29) is 18.0 Å². The Bertz CT molecular complexity index is 1220. The van der Waals surface area contributed by atoms with Crippen LogP contribution in [0.3, 0.4) is 0 Å². The van der Waals surface area contributed by atoms with Crippen LogP contribution in [0.4, 0.5) is 0 Å². The number of carbonyl (C=O) groups excluding carboxylic acids is 1. The first-order chi connectivity index (χ1) is 16.1. The van der Waals surface area contributed by atoms with Gasteiger partial charge in [-0.2, -0.15) is 0 Å². The number of nitrogens with zero attached hydrogens (tertiary/aromatic N) is 2. The van der Waals surface area contributed by atoms with Crippen molar-refractivity contribution >= 4 is 5.91 Å². The maximum Gasteiger partial charge on any atom is 0.257 e. The molecule has 2 aliphatic rings. The van der Waals surface area contributed by atoms with E-state index >= 15 is 0 Å². The molecule has 1 N–H and O–H groups in total. The molecule has 0 unspecified atom stereocenters. The van der Waals surface area contributed by atoms with Gasteiger partial charge in [0, 0.05) is 50.8 Å². The van der Waals surface area contributed by atoms with Crippen LogP contribution in [0.25, 0.3) is 0 Å². The maximum atomic E-state index is 13.1. The summed E-state index contributed by atoms with van der Waals surface area (Å²) in [5.74, 6) is 1.66. The largest absolute Gasteiger partial charge is 0.496 e. The van der Waals surface area contributed by atoms with Gasteiger partial charge in [0.25, 0.3) is 11.5 Å². The van der Waals surface area contributed by atoms with Crippen molar-refractivity contribution in [2.45, 2.75) is 32.5 Å². The fourth-order valence-corrected chi connectivity index (χ4v) is 4.62. The summed E-state index contributed by atoms with van der Waals surface area (Å²) in [7, 11) is 1.48. The minimum atomic E-state index is -0.279. The maximum absolute atomic E-state index is 13.1. The lowest BCUT2D eigenvalue weighted by Gasteiger charge is -2.19. The van der Waals surface area contributed by atoms with E-state index in [4.69, 9.17) is 13.9 Å². The zero-order valence-electron chi connectivity index (χ0n) is 18.6. The van der Waals surface area contributed by atoms with Crippen LogP contribution in [0.1, 0.15) is 32.9 Å². The number of aromatic nitrogens is 1. The molecule has 1 aromatic carbocycles. The fraction of sp³-hybridized carbons (Fsp3) is 0.360. The normalized spacial score (nSPS) is 15.3. The van der Waals surface area contributed by atoms with Gasteiger partial charge < -0.3 is 23.8 Å². The third-order valence-electron chi connectivity index (χ3n) is 6.30. The molecule has 0 saturated heterocycles. The minimum Gasteiger partial charge on any atom is -0.496 e. The van der Waals surface area contributed by atoms with E-state index in [1.54, 1.807) is 23.0 Å². The minimum absolute atomic E-state index is 0.152. The number of hydrogen-bond donors (Lipinski definition) is 1. The van der Waals surface area contributed by atoms with Crippen molar-refractivity contribution in [3.8, 4) is 11.5 Å². The van der Waals surface area contributed by atoms with E-state index in [0.29, 0.717) is 35.7 Å². The molecule has 0 saturated carbocycles. The summed E-state index contributed by atoms with van der Waals surface area (Å²) < 4.78 is 18.1. The summed E-state index contributed by atoms with van der Waals surface area (Å²) in [5.41, 5.74) is 3.45. The van der Waals surface area contributed by atoms with Crippen LogP contribution in [0, 0.1) is 0 Å². The molecule has 0 fully saturated rings. The number of amides is 1. The van der Waals surface area contributed by atoms with Crippen molar-refractivity contribution in [2.75, 3.05) is 26.8 Å². The zero-order chi connectivity index (χ0) is 22.8. The summed E-state index contributed by atoms with van der Waals surface area (Å²) in [5, 5.41) is 2.89. The van der Waals surface area contributed by atoms with Crippen LogP contribution in [0.15, 0.2) is 51.9 Å². The Labute approximate surface area is 191 Å². The smallest absolute Gasteiger partial charge is 0.257 e. The Morgan fingerprint density at radius 3 is 2.88 bits per heavy atom. The van der Waals surface area contributed by atoms with Crippen molar-refractivity contribution in [3.05, 3.63) is 81.2 Å². The fourth-order valence-electron chi connectivity index (χ4n) is 4.62. The molecule has 2 aromatic heterocycles. The predicted octanol–water partition coefficient (Wildman–Crippen LogP) is 2.37. The molecule has 5 rings (SSSR count). The summed E-state index contributed by atoms with van der Waals surface area (Å²) in [6.07, 6.45) is 3.09. The van der Waals surface area contributed by atoms with Gasteiger partial charge in [-0.1, -0.05) is 12.1 Å². The molecule has 33 heavy (non-hydrogen) atoms. The summed E-state index contributed by atoms with van der Waals surface area (Å²) in [6, 6.07) is 11.3. The number of pyridine rings is 1. The molecular weight excluding hydrogens is 422 g/mol. The lowest BCUT2D eigenvalue weighted by molar-refractivity contribution is 0.0942. The number of benzene rings is 1. The molecule has 8 heteroatoms. The average molecular weight is 450 g/mol. The van der Waals surface area contributed by atoms with Crippen molar-refractivity contribution in [1.82, 2.24) is 14.8 Å². The highest BCUT2D eigenvalue weighted by molar-refractivity contribution is 5.98. The molecule has 0 spiro atoms. The summed E-state index contributed by atoms with van der Waals surface area (Å²) >= 11 is 0. The molecule has 4 heterocycles. The number of carbonyl (C=O) groups is 1. The van der Waals surface area contributed by atoms with Gasteiger partial charge in [-0.15, -0.1) is 0 Å². The highest BCUT2D eigenvalue weighted by Crippen LogP contribution is 2.27. The highest BCUT2D eigenvalue weighted by atomic mass is 16.5. The second kappa shape index (κ2) is 9.15. The number of ether oxygens (including phenoxy) is 2. The van der Waals surface area contributed by atoms with E-state index in [1.807, 2.05) is 6.07 Å². The lowest BCUT2D eigenvalue weighted by Crippen LogP contribution is -2.31. The Morgan fingerprint density at radius 1 is 1.15 bits per heavy atom. The van der Waals surface area contributed by atoms with Gasteiger partial charge in [-0.25, -0.2) is 0 Å². The van der Waals surface area contributed by atoms with Gasteiger partial charge in [0.1, 0.15) is 22.8 Å². The molecule has 8 nitrogen and oxygen atoms in total. The van der Waals surface area contributed by atoms with Crippen molar-refractivity contribution in [2.24, 2.45) is 0 Å².